The van der Waals surface area contributed by atoms with E-state index in [0.717, 1.165) is 6.08 Å². The van der Waals surface area contributed by atoms with Crippen molar-refractivity contribution in [3.05, 3.63) is 36.2 Å². The van der Waals surface area contributed by atoms with Gasteiger partial charge < -0.3 is 19.7 Å². The molecule has 0 saturated heterocycles. The molecule has 0 aromatic heterocycles. The third-order valence-electron chi connectivity index (χ3n) is 6.61. The molecule has 3 N–H and O–H groups in total. The number of aliphatic carboxylic acids is 1. The van der Waals surface area contributed by atoms with E-state index in [0.29, 0.717) is 17.1 Å². The number of hydrogen-bond donors (Lipinski definition) is 2. The zero-order valence-corrected chi connectivity index (χ0v) is 22.7. The van der Waals surface area contributed by atoms with Crippen LogP contribution in [0.1, 0.15) is 47.1 Å². The SMILES string of the molecule is CC(C)(C)[Si](C)(C)Oc1ccc(CC(N)(/C=C\F)C(=O)O)cc1O[Si](C)(C)C(C)(C)C. The molecule has 0 spiro atoms. The third-order valence-corrected chi connectivity index (χ3v) is 15.3. The van der Waals surface area contributed by atoms with Crippen LogP contribution in [-0.4, -0.2) is 33.2 Å². The van der Waals surface area contributed by atoms with Gasteiger partial charge in [0.1, 0.15) is 17.0 Å². The zero-order chi connectivity index (χ0) is 24.5. The van der Waals surface area contributed by atoms with Gasteiger partial charge in [-0.3, -0.25) is 0 Å². The number of carboxylic acids is 1. The molecule has 0 saturated carbocycles. The highest BCUT2D eigenvalue weighted by Gasteiger charge is 2.42. The molecule has 31 heavy (non-hydrogen) atoms. The molecule has 176 valence electrons. The highest BCUT2D eigenvalue weighted by molar-refractivity contribution is 6.75. The molecule has 0 heterocycles. The lowest BCUT2D eigenvalue weighted by molar-refractivity contribution is -0.141. The molecule has 0 aliphatic rings. The summed E-state index contributed by atoms with van der Waals surface area (Å²) in [5.41, 5.74) is 4.74. The normalized spacial score (nSPS) is 15.6. The second kappa shape index (κ2) is 9.07. The molecular formula is C23H40FNO4Si2. The highest BCUT2D eigenvalue weighted by atomic mass is 28.4. The predicted molar refractivity (Wildman–Crippen MR) is 131 cm³/mol. The first-order valence-corrected chi connectivity index (χ1v) is 16.4. The number of halogens is 1. The van der Waals surface area contributed by atoms with Gasteiger partial charge >= 0.3 is 5.97 Å². The standard InChI is InChI=1S/C23H40FNO4Si2/c1-21(2,3)30(7,8)28-18-12-11-17(16-23(25,13-14-24)20(26)27)15-19(18)29-31(9,10)22(4,5)6/h11-15H,16,25H2,1-10H3,(H,26,27)/b14-13-. The third kappa shape index (κ3) is 6.67. The average Bonchev–Trinajstić information content (AvgIpc) is 2.54. The lowest BCUT2D eigenvalue weighted by Crippen LogP contribution is -2.48. The number of rotatable bonds is 8. The van der Waals surface area contributed by atoms with E-state index in [9.17, 15) is 14.3 Å². The molecule has 1 aromatic rings. The summed E-state index contributed by atoms with van der Waals surface area (Å²) in [4.78, 5) is 11.6. The van der Waals surface area contributed by atoms with Crippen molar-refractivity contribution < 1.29 is 23.1 Å². The van der Waals surface area contributed by atoms with Crippen molar-refractivity contribution in [3.63, 3.8) is 0 Å². The topological polar surface area (TPSA) is 81.8 Å². The second-order valence-corrected chi connectivity index (χ2v) is 20.8. The molecule has 5 nitrogen and oxygen atoms in total. The van der Waals surface area contributed by atoms with Crippen molar-refractivity contribution in [2.24, 2.45) is 5.73 Å². The fraction of sp³-hybridized carbons (Fsp3) is 0.609. The lowest BCUT2D eigenvalue weighted by atomic mass is 9.92. The Kier molecular flexibility index (Phi) is 8.02. The van der Waals surface area contributed by atoms with Gasteiger partial charge in [-0.25, -0.2) is 9.18 Å². The first-order valence-electron chi connectivity index (χ1n) is 10.6. The van der Waals surface area contributed by atoms with Crippen LogP contribution >= 0.6 is 0 Å². The van der Waals surface area contributed by atoms with Crippen LogP contribution in [0.4, 0.5) is 4.39 Å². The van der Waals surface area contributed by atoms with Gasteiger partial charge in [-0.1, -0.05) is 47.6 Å². The maximum atomic E-state index is 12.8. The Morgan fingerprint density at radius 1 is 1.00 bits per heavy atom. The van der Waals surface area contributed by atoms with Crippen molar-refractivity contribution in [1.82, 2.24) is 0 Å². The lowest BCUT2D eigenvalue weighted by Gasteiger charge is -2.40. The van der Waals surface area contributed by atoms with Crippen molar-refractivity contribution >= 4 is 22.6 Å². The van der Waals surface area contributed by atoms with Crippen molar-refractivity contribution in [1.29, 1.82) is 0 Å². The van der Waals surface area contributed by atoms with E-state index in [1.165, 1.54) is 0 Å². The van der Waals surface area contributed by atoms with Crippen LogP contribution in [0, 0.1) is 0 Å². The molecular weight excluding hydrogens is 429 g/mol. The van der Waals surface area contributed by atoms with Gasteiger partial charge in [0.2, 0.25) is 0 Å². The Hall–Kier alpha value is -1.65. The Bertz CT molecular complexity index is 826. The quantitative estimate of drug-likeness (QED) is 0.439. The van der Waals surface area contributed by atoms with Crippen LogP contribution in [0.15, 0.2) is 30.6 Å². The van der Waals surface area contributed by atoms with E-state index in [1.807, 2.05) is 6.07 Å². The molecule has 0 amide bonds. The Balaban J connectivity index is 3.51. The summed E-state index contributed by atoms with van der Waals surface area (Å²) in [5, 5.41) is 9.46. The number of carbonyl (C=O) groups is 1. The number of carboxylic acid groups (broad SMARTS) is 1. The zero-order valence-electron chi connectivity index (χ0n) is 20.7. The summed E-state index contributed by atoms with van der Waals surface area (Å²) >= 11 is 0. The van der Waals surface area contributed by atoms with Gasteiger partial charge in [-0.05, 0) is 60.0 Å². The summed E-state index contributed by atoms with van der Waals surface area (Å²) in [6, 6.07) is 5.39. The summed E-state index contributed by atoms with van der Waals surface area (Å²) in [7, 11) is -4.34. The molecule has 0 radical (unpaired) electrons. The summed E-state index contributed by atoms with van der Waals surface area (Å²) < 4.78 is 25.9. The van der Waals surface area contributed by atoms with Crippen LogP contribution in [0.3, 0.4) is 0 Å². The van der Waals surface area contributed by atoms with E-state index in [4.69, 9.17) is 14.6 Å². The van der Waals surface area contributed by atoms with Gasteiger partial charge in [-0.15, -0.1) is 0 Å². The van der Waals surface area contributed by atoms with E-state index in [-0.39, 0.29) is 22.8 Å². The molecule has 8 heteroatoms. The smallest absolute Gasteiger partial charge is 0.328 e. The van der Waals surface area contributed by atoms with Gasteiger partial charge in [-0.2, -0.15) is 0 Å². The van der Waals surface area contributed by atoms with Crippen LogP contribution in [-0.2, 0) is 11.2 Å². The van der Waals surface area contributed by atoms with Gasteiger partial charge in [0.05, 0.1) is 6.33 Å². The number of nitrogens with two attached hydrogens (primary N) is 1. The fourth-order valence-corrected chi connectivity index (χ4v) is 4.38. The summed E-state index contributed by atoms with van der Waals surface area (Å²) in [6.45, 7) is 21.6. The Labute approximate surface area is 189 Å². The summed E-state index contributed by atoms with van der Waals surface area (Å²) in [6.07, 6.45) is 0.969. The Morgan fingerprint density at radius 3 is 1.84 bits per heavy atom. The molecule has 1 atom stereocenters. The van der Waals surface area contributed by atoms with Crippen molar-refractivity contribution in [2.45, 2.75) is 89.8 Å². The Morgan fingerprint density at radius 2 is 1.45 bits per heavy atom. The molecule has 1 aromatic carbocycles. The van der Waals surface area contributed by atoms with Gasteiger partial charge in [0, 0.05) is 6.42 Å². The minimum Gasteiger partial charge on any atom is -0.541 e. The molecule has 0 fully saturated rings. The van der Waals surface area contributed by atoms with Crippen LogP contribution in [0.2, 0.25) is 36.3 Å². The van der Waals surface area contributed by atoms with E-state index in [2.05, 4.69) is 67.7 Å². The monoisotopic (exact) mass is 469 g/mol. The maximum Gasteiger partial charge on any atom is 0.328 e. The van der Waals surface area contributed by atoms with Crippen LogP contribution in [0.25, 0.3) is 0 Å². The van der Waals surface area contributed by atoms with E-state index in [1.54, 1.807) is 12.1 Å². The minimum absolute atomic E-state index is 0.00154. The van der Waals surface area contributed by atoms with Gasteiger partial charge in [0.25, 0.3) is 16.6 Å². The predicted octanol–water partition coefficient (Wildman–Crippen LogP) is 6.26. The first kappa shape index (κ1) is 27.4. The van der Waals surface area contributed by atoms with E-state index < -0.39 is 28.1 Å². The van der Waals surface area contributed by atoms with Crippen LogP contribution < -0.4 is 14.6 Å². The molecule has 1 unspecified atom stereocenters. The fourth-order valence-electron chi connectivity index (χ4n) is 2.34. The van der Waals surface area contributed by atoms with E-state index >= 15 is 0 Å². The first-order chi connectivity index (χ1) is 13.8. The molecule has 0 aliphatic carbocycles. The molecule has 0 bridgehead atoms. The van der Waals surface area contributed by atoms with Gasteiger partial charge in [0.15, 0.2) is 0 Å². The minimum atomic E-state index is -2.20. The number of hydrogen-bond acceptors (Lipinski definition) is 4. The maximum absolute atomic E-state index is 12.8. The molecule has 1 rings (SSSR count). The second-order valence-electron chi connectivity index (χ2n) is 11.3. The number of benzene rings is 1. The summed E-state index contributed by atoms with van der Waals surface area (Å²) in [5.74, 6) is -0.0557. The van der Waals surface area contributed by atoms with Crippen molar-refractivity contribution in [3.8, 4) is 11.5 Å². The van der Waals surface area contributed by atoms with Crippen LogP contribution in [0.5, 0.6) is 11.5 Å². The average molecular weight is 470 g/mol. The largest absolute Gasteiger partial charge is 0.541 e. The highest BCUT2D eigenvalue weighted by Crippen LogP contribution is 2.44. The van der Waals surface area contributed by atoms with Crippen molar-refractivity contribution in [2.75, 3.05) is 0 Å². The molecule has 0 aliphatic heterocycles.